The highest BCUT2D eigenvalue weighted by Gasteiger charge is 2.21. The monoisotopic (exact) mass is 277 g/mol. The minimum absolute atomic E-state index is 0.272. The highest BCUT2D eigenvalue weighted by atomic mass is 32.1. The molecule has 0 unspecified atom stereocenters. The van der Waals surface area contributed by atoms with E-state index in [0.717, 1.165) is 11.5 Å². The lowest BCUT2D eigenvalue weighted by molar-refractivity contribution is 0.0601. The van der Waals surface area contributed by atoms with E-state index in [-0.39, 0.29) is 5.91 Å². The molecule has 0 saturated heterocycles. The Kier molecular flexibility index (Phi) is 3.86. The first-order valence-electron chi connectivity index (χ1n) is 5.38. The average Bonchev–Trinajstić information content (AvgIpc) is 2.99. The molecule has 2 rings (SSSR count). The summed E-state index contributed by atoms with van der Waals surface area (Å²) < 4.78 is 8.34. The fraction of sp³-hybridized carbons (Fsp3) is 0.167. The minimum Gasteiger partial charge on any atom is -0.465 e. The highest BCUT2D eigenvalue weighted by molar-refractivity contribution is 7.07. The van der Waals surface area contributed by atoms with E-state index in [2.05, 4.69) is 9.59 Å². The fourth-order valence-electron chi connectivity index (χ4n) is 1.58. The van der Waals surface area contributed by atoms with E-state index in [0.29, 0.717) is 16.1 Å². The lowest BCUT2D eigenvalue weighted by Gasteiger charge is -2.18. The molecule has 6 nitrogen and oxygen atoms in total. The van der Waals surface area contributed by atoms with Crippen molar-refractivity contribution in [3.63, 3.8) is 0 Å². The largest absolute Gasteiger partial charge is 0.465 e. The van der Waals surface area contributed by atoms with Gasteiger partial charge in [-0.2, -0.15) is 0 Å². The number of hydrogen-bond donors (Lipinski definition) is 0. The summed E-state index contributed by atoms with van der Waals surface area (Å²) in [5.74, 6) is -0.760. The normalized spacial score (nSPS) is 10.0. The van der Waals surface area contributed by atoms with Crippen molar-refractivity contribution < 1.29 is 14.3 Å². The average molecular weight is 277 g/mol. The van der Waals surface area contributed by atoms with Gasteiger partial charge in [0.25, 0.3) is 5.91 Å². The number of anilines is 1. The van der Waals surface area contributed by atoms with Gasteiger partial charge in [-0.3, -0.25) is 4.79 Å². The molecule has 98 valence electrons. The number of carbonyl (C=O) groups is 2. The number of amides is 1. The van der Waals surface area contributed by atoms with Gasteiger partial charge in [-0.1, -0.05) is 16.6 Å². The third-order valence-corrected chi connectivity index (χ3v) is 3.20. The second-order valence-electron chi connectivity index (χ2n) is 3.65. The van der Waals surface area contributed by atoms with E-state index in [9.17, 15) is 9.59 Å². The molecule has 0 atom stereocenters. The summed E-state index contributed by atoms with van der Waals surface area (Å²) in [5.41, 5.74) is 0.811. The zero-order valence-electron chi connectivity index (χ0n) is 10.4. The summed E-state index contributed by atoms with van der Waals surface area (Å²) in [6.07, 6.45) is 1.39. The van der Waals surface area contributed by atoms with Gasteiger partial charge in [0, 0.05) is 7.05 Å². The van der Waals surface area contributed by atoms with Crippen LogP contribution in [0.4, 0.5) is 5.69 Å². The Morgan fingerprint density at radius 2 is 2.05 bits per heavy atom. The Bertz CT molecular complexity index is 598. The summed E-state index contributed by atoms with van der Waals surface area (Å²) in [4.78, 5) is 25.6. The Balaban J connectivity index is 2.36. The molecule has 1 amide bonds. The van der Waals surface area contributed by atoms with Crippen molar-refractivity contribution in [2.24, 2.45) is 0 Å². The van der Waals surface area contributed by atoms with Crippen LogP contribution in [0.2, 0.25) is 0 Å². The van der Waals surface area contributed by atoms with Crippen LogP contribution >= 0.6 is 11.5 Å². The van der Waals surface area contributed by atoms with Crippen LogP contribution in [0.1, 0.15) is 20.0 Å². The molecule has 0 spiro atoms. The summed E-state index contributed by atoms with van der Waals surface area (Å²) >= 11 is 1.01. The number of nitrogens with zero attached hydrogens (tertiary/aromatic N) is 3. The molecule has 7 heteroatoms. The van der Waals surface area contributed by atoms with Gasteiger partial charge < -0.3 is 9.64 Å². The van der Waals surface area contributed by atoms with E-state index >= 15 is 0 Å². The van der Waals surface area contributed by atoms with Crippen LogP contribution in [-0.2, 0) is 4.74 Å². The number of rotatable bonds is 3. The predicted molar refractivity (Wildman–Crippen MR) is 70.4 cm³/mol. The molecule has 1 heterocycles. The first-order valence-corrected chi connectivity index (χ1v) is 6.15. The number of ether oxygens (including phenoxy) is 1. The number of methoxy groups -OCH3 is 1. The molecule has 0 aliphatic carbocycles. The fourth-order valence-corrected chi connectivity index (χ4v) is 2.08. The number of carbonyl (C=O) groups excluding carboxylic acids is 2. The summed E-state index contributed by atoms with van der Waals surface area (Å²) in [5, 5.41) is 3.62. The van der Waals surface area contributed by atoms with Gasteiger partial charge in [-0.25, -0.2) is 4.79 Å². The van der Waals surface area contributed by atoms with Crippen molar-refractivity contribution in [1.29, 1.82) is 0 Å². The van der Waals surface area contributed by atoms with Crippen molar-refractivity contribution in [2.75, 3.05) is 19.1 Å². The van der Waals surface area contributed by atoms with E-state index < -0.39 is 5.97 Å². The molecule has 1 aromatic carbocycles. The van der Waals surface area contributed by atoms with E-state index in [1.807, 2.05) is 0 Å². The third kappa shape index (κ3) is 2.60. The number of aromatic nitrogens is 2. The number of hydrogen-bond acceptors (Lipinski definition) is 6. The molecule has 19 heavy (non-hydrogen) atoms. The zero-order chi connectivity index (χ0) is 13.8. The molecule has 0 radical (unpaired) electrons. The quantitative estimate of drug-likeness (QED) is 0.797. The number of benzene rings is 1. The standard InChI is InChI=1S/C12H11N3O3S/c1-15(11(16)10-7-13-14-19-10)9-6-4-3-5-8(9)12(17)18-2/h3-7H,1-2H3. The van der Waals surface area contributed by atoms with Gasteiger partial charge in [-0.05, 0) is 23.7 Å². The zero-order valence-corrected chi connectivity index (χ0v) is 11.2. The number of esters is 1. The number of para-hydroxylation sites is 1. The van der Waals surface area contributed by atoms with Crippen LogP contribution in [0.3, 0.4) is 0 Å². The Labute approximate surface area is 113 Å². The maximum absolute atomic E-state index is 12.2. The van der Waals surface area contributed by atoms with Crippen LogP contribution in [0.5, 0.6) is 0 Å². The van der Waals surface area contributed by atoms with Gasteiger partial charge in [0.1, 0.15) is 4.88 Å². The van der Waals surface area contributed by atoms with Gasteiger partial charge in [0.15, 0.2) is 0 Å². The Morgan fingerprint density at radius 1 is 1.32 bits per heavy atom. The van der Waals surface area contributed by atoms with Crippen LogP contribution in [0.25, 0.3) is 0 Å². The van der Waals surface area contributed by atoms with Crippen LogP contribution < -0.4 is 4.90 Å². The highest BCUT2D eigenvalue weighted by Crippen LogP contribution is 2.22. The van der Waals surface area contributed by atoms with Crippen molar-refractivity contribution >= 4 is 29.1 Å². The Hall–Kier alpha value is -2.28. The molecule has 0 aliphatic rings. The first kappa shape index (κ1) is 13.2. The van der Waals surface area contributed by atoms with Gasteiger partial charge in [-0.15, -0.1) is 5.10 Å². The molecular weight excluding hydrogens is 266 g/mol. The Morgan fingerprint density at radius 3 is 2.68 bits per heavy atom. The van der Waals surface area contributed by atoms with Crippen LogP contribution in [0.15, 0.2) is 30.5 Å². The van der Waals surface area contributed by atoms with Crippen molar-refractivity contribution in [2.45, 2.75) is 0 Å². The first-order chi connectivity index (χ1) is 9.15. The van der Waals surface area contributed by atoms with Gasteiger partial charge >= 0.3 is 5.97 Å². The molecule has 0 aliphatic heterocycles. The maximum Gasteiger partial charge on any atom is 0.339 e. The molecule has 0 N–H and O–H groups in total. The topological polar surface area (TPSA) is 72.4 Å². The second kappa shape index (κ2) is 5.57. The smallest absolute Gasteiger partial charge is 0.339 e. The molecule has 0 fully saturated rings. The van der Waals surface area contributed by atoms with Gasteiger partial charge in [0.05, 0.1) is 24.6 Å². The molecular formula is C12H11N3O3S. The molecule has 0 saturated carbocycles. The van der Waals surface area contributed by atoms with Crippen LogP contribution in [-0.4, -0.2) is 35.6 Å². The van der Waals surface area contributed by atoms with E-state index in [1.54, 1.807) is 31.3 Å². The lowest BCUT2D eigenvalue weighted by atomic mass is 10.1. The third-order valence-electron chi connectivity index (χ3n) is 2.55. The van der Waals surface area contributed by atoms with Crippen molar-refractivity contribution in [1.82, 2.24) is 9.59 Å². The lowest BCUT2D eigenvalue weighted by Crippen LogP contribution is -2.27. The minimum atomic E-state index is -0.488. The second-order valence-corrected chi connectivity index (χ2v) is 4.44. The molecule has 0 bridgehead atoms. The summed E-state index contributed by atoms with van der Waals surface area (Å²) in [6, 6.07) is 6.74. The van der Waals surface area contributed by atoms with E-state index in [1.165, 1.54) is 18.2 Å². The van der Waals surface area contributed by atoms with Crippen LogP contribution in [0, 0.1) is 0 Å². The predicted octanol–water partition coefficient (Wildman–Crippen LogP) is 1.60. The van der Waals surface area contributed by atoms with Gasteiger partial charge in [0.2, 0.25) is 0 Å². The maximum atomic E-state index is 12.2. The van der Waals surface area contributed by atoms with E-state index in [4.69, 9.17) is 4.74 Å². The SMILES string of the molecule is COC(=O)c1ccccc1N(C)C(=O)c1cnns1. The summed E-state index contributed by atoms with van der Waals surface area (Å²) in [7, 11) is 2.89. The molecule has 1 aromatic heterocycles. The van der Waals surface area contributed by atoms with Crippen molar-refractivity contribution in [3.05, 3.63) is 40.9 Å². The molecule has 2 aromatic rings. The van der Waals surface area contributed by atoms with Crippen molar-refractivity contribution in [3.8, 4) is 0 Å². The summed E-state index contributed by atoms with van der Waals surface area (Å²) in [6.45, 7) is 0.